The molecule has 0 aliphatic heterocycles. The fourth-order valence-corrected chi connectivity index (χ4v) is 1.82. The molecule has 0 aromatic heterocycles. The molecule has 4 heteroatoms. The molecular weight excluding hydrogens is 281 g/mol. The second kappa shape index (κ2) is 7.19. The van der Waals surface area contributed by atoms with Gasteiger partial charge in [-0.15, -0.1) is 0 Å². The minimum absolute atomic E-state index is 0.0799. The van der Waals surface area contributed by atoms with Crippen LogP contribution in [0.3, 0.4) is 0 Å². The molecule has 0 heterocycles. The van der Waals surface area contributed by atoms with Crippen molar-refractivity contribution in [1.82, 2.24) is 0 Å². The summed E-state index contributed by atoms with van der Waals surface area (Å²) in [7, 11) is 0. The van der Waals surface area contributed by atoms with E-state index in [4.69, 9.17) is 10.00 Å². The Balaban J connectivity index is 2.06. The molecule has 0 N–H and O–H groups in total. The number of carbonyl (C=O) groups excluding carboxylic acids is 1. The summed E-state index contributed by atoms with van der Waals surface area (Å²) in [6.45, 7) is 1.87. The second-order valence-corrected chi connectivity index (χ2v) is 4.79. The molecule has 22 heavy (non-hydrogen) atoms. The third-order valence-corrected chi connectivity index (χ3v) is 2.99. The van der Waals surface area contributed by atoms with Crippen molar-refractivity contribution in [3.63, 3.8) is 0 Å². The molecule has 0 spiro atoms. The first kappa shape index (κ1) is 15.5. The average Bonchev–Trinajstić information content (AvgIpc) is 2.52. The highest BCUT2D eigenvalue weighted by Crippen LogP contribution is 2.11. The Bertz CT molecular complexity index is 742. The number of carbonyl (C=O) groups is 1. The number of halogens is 1. The molecule has 110 valence electrons. The van der Waals surface area contributed by atoms with Gasteiger partial charge in [-0.1, -0.05) is 42.0 Å². The zero-order valence-corrected chi connectivity index (χ0v) is 12.0. The van der Waals surface area contributed by atoms with E-state index in [2.05, 4.69) is 0 Å². The number of aryl methyl sites for hydroxylation is 1. The van der Waals surface area contributed by atoms with Crippen LogP contribution in [0.4, 0.5) is 4.39 Å². The van der Waals surface area contributed by atoms with Crippen molar-refractivity contribution in [2.45, 2.75) is 13.5 Å². The van der Waals surface area contributed by atoms with Crippen LogP contribution in [0.25, 0.3) is 6.08 Å². The van der Waals surface area contributed by atoms with E-state index in [1.165, 1.54) is 24.3 Å². The van der Waals surface area contributed by atoms with E-state index in [0.717, 1.165) is 11.1 Å². The fourth-order valence-electron chi connectivity index (χ4n) is 1.82. The summed E-state index contributed by atoms with van der Waals surface area (Å²) in [5.41, 5.74) is 2.26. The Morgan fingerprint density at radius 3 is 2.64 bits per heavy atom. The van der Waals surface area contributed by atoms with Gasteiger partial charge < -0.3 is 4.74 Å². The predicted octanol–water partition coefficient (Wildman–Crippen LogP) is 3.78. The highest BCUT2D eigenvalue weighted by atomic mass is 19.1. The summed E-state index contributed by atoms with van der Waals surface area (Å²) in [6, 6.07) is 15.0. The monoisotopic (exact) mass is 295 g/mol. The first-order valence-electron chi connectivity index (χ1n) is 6.68. The first-order chi connectivity index (χ1) is 10.6. The third-order valence-electron chi connectivity index (χ3n) is 2.99. The van der Waals surface area contributed by atoms with Crippen LogP contribution in [0.15, 0.2) is 54.1 Å². The van der Waals surface area contributed by atoms with Crippen molar-refractivity contribution in [1.29, 1.82) is 5.26 Å². The van der Waals surface area contributed by atoms with Crippen LogP contribution in [0, 0.1) is 24.1 Å². The molecule has 0 atom stereocenters. The van der Waals surface area contributed by atoms with E-state index in [1.807, 2.05) is 37.3 Å². The quantitative estimate of drug-likeness (QED) is 0.490. The number of nitrogens with zero attached hydrogens (tertiary/aromatic N) is 1. The molecule has 0 fully saturated rings. The predicted molar refractivity (Wildman–Crippen MR) is 81.0 cm³/mol. The molecule has 0 bridgehead atoms. The van der Waals surface area contributed by atoms with Crippen molar-refractivity contribution >= 4 is 12.0 Å². The number of hydrogen-bond acceptors (Lipinski definition) is 3. The van der Waals surface area contributed by atoms with E-state index in [9.17, 15) is 9.18 Å². The maximum Gasteiger partial charge on any atom is 0.349 e. The molecule has 0 aliphatic rings. The van der Waals surface area contributed by atoms with Crippen LogP contribution < -0.4 is 0 Å². The Labute approximate surface area is 128 Å². The van der Waals surface area contributed by atoms with Gasteiger partial charge in [0.05, 0.1) is 0 Å². The van der Waals surface area contributed by atoms with Gasteiger partial charge in [-0.05, 0) is 36.3 Å². The Morgan fingerprint density at radius 2 is 2.00 bits per heavy atom. The van der Waals surface area contributed by atoms with E-state index in [1.54, 1.807) is 6.07 Å². The maximum absolute atomic E-state index is 13.0. The molecule has 0 unspecified atom stereocenters. The molecule has 0 saturated carbocycles. The van der Waals surface area contributed by atoms with Crippen LogP contribution in [-0.4, -0.2) is 5.97 Å². The first-order valence-corrected chi connectivity index (χ1v) is 6.68. The smallest absolute Gasteiger partial charge is 0.349 e. The largest absolute Gasteiger partial charge is 0.457 e. The maximum atomic E-state index is 13.0. The lowest BCUT2D eigenvalue weighted by atomic mass is 10.1. The average molecular weight is 295 g/mol. The summed E-state index contributed by atoms with van der Waals surface area (Å²) in [5.74, 6) is -1.13. The van der Waals surface area contributed by atoms with Crippen molar-refractivity contribution in [3.05, 3.63) is 76.6 Å². The summed E-state index contributed by atoms with van der Waals surface area (Å²) in [5, 5.41) is 9.07. The topological polar surface area (TPSA) is 50.1 Å². The van der Waals surface area contributed by atoms with E-state index in [0.29, 0.717) is 5.56 Å². The number of nitriles is 1. The van der Waals surface area contributed by atoms with E-state index in [-0.39, 0.29) is 12.2 Å². The zero-order chi connectivity index (χ0) is 15.9. The van der Waals surface area contributed by atoms with Crippen molar-refractivity contribution in [3.8, 4) is 6.07 Å². The second-order valence-electron chi connectivity index (χ2n) is 4.79. The zero-order valence-electron chi connectivity index (χ0n) is 12.0. The fraction of sp³-hybridized carbons (Fsp3) is 0.111. The van der Waals surface area contributed by atoms with Gasteiger partial charge in [0.25, 0.3) is 0 Å². The van der Waals surface area contributed by atoms with Crippen molar-refractivity contribution in [2.24, 2.45) is 0 Å². The molecule has 0 saturated heterocycles. The molecule has 3 nitrogen and oxygen atoms in total. The van der Waals surface area contributed by atoms with Crippen LogP contribution >= 0.6 is 0 Å². The lowest BCUT2D eigenvalue weighted by molar-refractivity contribution is -0.139. The molecular formula is C18H14FNO2. The van der Waals surface area contributed by atoms with Gasteiger partial charge in [0.15, 0.2) is 0 Å². The lowest BCUT2D eigenvalue weighted by Crippen LogP contribution is -2.07. The van der Waals surface area contributed by atoms with Crippen LogP contribution in [0.1, 0.15) is 16.7 Å². The normalized spacial score (nSPS) is 10.9. The van der Waals surface area contributed by atoms with E-state index < -0.39 is 11.8 Å². The number of benzene rings is 2. The summed E-state index contributed by atoms with van der Waals surface area (Å²) < 4.78 is 18.1. The van der Waals surface area contributed by atoms with Crippen LogP contribution in [-0.2, 0) is 16.1 Å². The molecule has 2 rings (SSSR count). The van der Waals surface area contributed by atoms with Crippen molar-refractivity contribution in [2.75, 3.05) is 0 Å². The summed E-state index contributed by atoms with van der Waals surface area (Å²) >= 11 is 0. The standard InChI is InChI=1S/C18H14FNO2/c1-13-5-7-14(8-6-13)9-16(11-20)18(21)22-12-15-3-2-4-17(19)10-15/h2-10H,12H2,1H3/b16-9+. The molecule has 2 aromatic rings. The van der Waals surface area contributed by atoms with Gasteiger partial charge in [-0.25, -0.2) is 9.18 Å². The Kier molecular flexibility index (Phi) is 5.05. The lowest BCUT2D eigenvalue weighted by Gasteiger charge is -2.04. The molecule has 0 aliphatic carbocycles. The van der Waals surface area contributed by atoms with Gasteiger partial charge >= 0.3 is 5.97 Å². The van der Waals surface area contributed by atoms with Gasteiger partial charge in [-0.2, -0.15) is 5.26 Å². The number of rotatable bonds is 4. The summed E-state index contributed by atoms with van der Waals surface area (Å²) in [6.07, 6.45) is 1.47. The SMILES string of the molecule is Cc1ccc(/C=C(\C#N)C(=O)OCc2cccc(F)c2)cc1. The van der Waals surface area contributed by atoms with Gasteiger partial charge in [0, 0.05) is 0 Å². The van der Waals surface area contributed by atoms with Crippen LogP contribution in [0.2, 0.25) is 0 Å². The van der Waals surface area contributed by atoms with Crippen LogP contribution in [0.5, 0.6) is 0 Å². The Morgan fingerprint density at radius 1 is 1.27 bits per heavy atom. The van der Waals surface area contributed by atoms with Crippen molar-refractivity contribution < 1.29 is 13.9 Å². The minimum Gasteiger partial charge on any atom is -0.457 e. The molecule has 0 radical (unpaired) electrons. The molecule has 0 amide bonds. The number of ether oxygens (including phenoxy) is 1. The van der Waals surface area contributed by atoms with Gasteiger partial charge in [-0.3, -0.25) is 0 Å². The van der Waals surface area contributed by atoms with Gasteiger partial charge in [0.2, 0.25) is 0 Å². The third kappa shape index (κ3) is 4.29. The highest BCUT2D eigenvalue weighted by molar-refractivity contribution is 5.97. The molecule has 2 aromatic carbocycles. The van der Waals surface area contributed by atoms with Gasteiger partial charge in [0.1, 0.15) is 24.1 Å². The Hall–Kier alpha value is -2.93. The summed E-state index contributed by atoms with van der Waals surface area (Å²) in [4.78, 5) is 11.9. The van der Waals surface area contributed by atoms with E-state index >= 15 is 0 Å². The number of esters is 1. The highest BCUT2D eigenvalue weighted by Gasteiger charge is 2.11. The minimum atomic E-state index is -0.729. The number of hydrogen-bond donors (Lipinski definition) is 0.